The predicted octanol–water partition coefficient (Wildman–Crippen LogP) is 2.64. The van der Waals surface area contributed by atoms with E-state index in [4.69, 9.17) is 10.5 Å². The minimum absolute atomic E-state index is 0.00594. The molecule has 282 valence electrons. The highest BCUT2D eigenvalue weighted by Gasteiger charge is 2.48. The lowest BCUT2D eigenvalue weighted by Crippen LogP contribution is -2.99. The van der Waals surface area contributed by atoms with Crippen molar-refractivity contribution in [3.63, 3.8) is 0 Å². The molecule has 1 aliphatic heterocycles. The SMILES string of the molecule is CCCC([NH2+]C(O)[C@@H]1C[C@@H](C(C)CCC(C)C)CN1C(=O)[C@@H](NC(=O)N[C@@H](C(C)C)C(O)OC(C1CC1)C1CC1)C(C)(C)C)C(=O)C(N)=O. The molecule has 2 aliphatic carbocycles. The van der Waals surface area contributed by atoms with E-state index in [1.165, 1.54) is 5.32 Å². The van der Waals surface area contributed by atoms with Crippen LogP contribution in [0.5, 0.6) is 0 Å². The number of Topliss-reactive ketones (excluding diaryl/α,β-unsaturated/α-hetero) is 1. The molecular weight excluding hydrogens is 626 g/mol. The largest absolute Gasteiger partial charge is 0.366 e. The molecule has 4 amide bonds. The number of hydrogen-bond donors (Lipinski definition) is 6. The molecule has 3 rings (SSSR count). The van der Waals surface area contributed by atoms with Crippen molar-refractivity contribution >= 4 is 23.6 Å². The van der Waals surface area contributed by atoms with E-state index in [-0.39, 0.29) is 29.8 Å². The minimum Gasteiger partial charge on any atom is -0.366 e. The third kappa shape index (κ3) is 11.9. The number of hydrogen-bond acceptors (Lipinski definition) is 7. The van der Waals surface area contributed by atoms with Crippen molar-refractivity contribution in [2.45, 2.75) is 163 Å². The van der Waals surface area contributed by atoms with Crippen LogP contribution in [0.25, 0.3) is 0 Å². The van der Waals surface area contributed by atoms with Crippen LogP contribution >= 0.6 is 0 Å². The fourth-order valence-electron chi connectivity index (χ4n) is 7.30. The fraction of sp³-hybridized carbons (Fsp3) is 0.892. The van der Waals surface area contributed by atoms with Gasteiger partial charge in [-0.1, -0.05) is 81.6 Å². The molecule has 1 saturated heterocycles. The predicted molar refractivity (Wildman–Crippen MR) is 188 cm³/mol. The lowest BCUT2D eigenvalue weighted by atomic mass is 9.85. The second-order valence-electron chi connectivity index (χ2n) is 17.2. The summed E-state index contributed by atoms with van der Waals surface area (Å²) in [6.07, 6.45) is 5.57. The number of nitrogens with two attached hydrogens (primary N) is 2. The number of carbonyl (C=O) groups is 4. The highest BCUT2D eigenvalue weighted by molar-refractivity contribution is 6.37. The Balaban J connectivity index is 1.81. The third-order valence-electron chi connectivity index (χ3n) is 10.8. The van der Waals surface area contributed by atoms with E-state index in [1.54, 1.807) is 4.90 Å². The van der Waals surface area contributed by atoms with Crippen molar-refractivity contribution in [1.82, 2.24) is 15.5 Å². The molecule has 8 atom stereocenters. The zero-order valence-electron chi connectivity index (χ0n) is 31.6. The van der Waals surface area contributed by atoms with E-state index < -0.39 is 59.8 Å². The normalized spacial score (nSPS) is 23.7. The van der Waals surface area contributed by atoms with Gasteiger partial charge in [-0.2, -0.15) is 0 Å². The van der Waals surface area contributed by atoms with Crippen molar-refractivity contribution in [3.8, 4) is 0 Å². The number of ketones is 1. The molecule has 4 unspecified atom stereocenters. The van der Waals surface area contributed by atoms with Crippen molar-refractivity contribution in [1.29, 1.82) is 0 Å². The quantitative estimate of drug-likeness (QED) is 0.0835. The van der Waals surface area contributed by atoms with E-state index in [0.29, 0.717) is 43.6 Å². The molecule has 0 aromatic rings. The molecule has 0 bridgehead atoms. The van der Waals surface area contributed by atoms with Gasteiger partial charge in [0, 0.05) is 13.0 Å². The Kier molecular flexibility index (Phi) is 14.9. The lowest BCUT2D eigenvalue weighted by Gasteiger charge is -2.37. The molecule has 2 saturated carbocycles. The molecule has 12 nitrogen and oxygen atoms in total. The van der Waals surface area contributed by atoms with Gasteiger partial charge in [0.1, 0.15) is 12.1 Å². The Morgan fingerprint density at radius 2 is 1.51 bits per heavy atom. The Labute approximate surface area is 294 Å². The van der Waals surface area contributed by atoms with Crippen LogP contribution < -0.4 is 21.7 Å². The van der Waals surface area contributed by atoms with Gasteiger partial charge in [-0.25, -0.2) is 4.79 Å². The highest BCUT2D eigenvalue weighted by Crippen LogP contribution is 2.46. The van der Waals surface area contributed by atoms with Crippen LogP contribution in [0, 0.1) is 40.9 Å². The lowest BCUT2D eigenvalue weighted by molar-refractivity contribution is -0.746. The molecule has 3 fully saturated rings. The fourth-order valence-corrected chi connectivity index (χ4v) is 7.30. The van der Waals surface area contributed by atoms with Gasteiger partial charge in [-0.05, 0) is 73.0 Å². The first kappa shape index (κ1) is 41.1. The summed E-state index contributed by atoms with van der Waals surface area (Å²) in [6.45, 7) is 18.3. The number of aliphatic hydroxyl groups excluding tert-OH is 2. The van der Waals surface area contributed by atoms with Crippen LogP contribution in [0.3, 0.4) is 0 Å². The number of nitrogens with zero attached hydrogens (tertiary/aromatic N) is 1. The van der Waals surface area contributed by atoms with Crippen LogP contribution in [-0.2, 0) is 19.1 Å². The molecular formula is C37H68N5O7+. The number of urea groups is 1. The van der Waals surface area contributed by atoms with Gasteiger partial charge >= 0.3 is 6.03 Å². The summed E-state index contributed by atoms with van der Waals surface area (Å²) in [6, 6.07) is -3.72. The Bertz CT molecular complexity index is 1110. The van der Waals surface area contributed by atoms with E-state index in [2.05, 4.69) is 31.4 Å². The first-order valence-corrected chi connectivity index (χ1v) is 18.9. The summed E-state index contributed by atoms with van der Waals surface area (Å²) in [4.78, 5) is 54.2. The van der Waals surface area contributed by atoms with Crippen molar-refractivity contribution in [2.75, 3.05) is 6.54 Å². The molecule has 1 heterocycles. The first-order chi connectivity index (χ1) is 22.8. The topological polar surface area (TPSA) is 188 Å². The maximum Gasteiger partial charge on any atom is 0.315 e. The van der Waals surface area contributed by atoms with Crippen molar-refractivity contribution in [2.24, 2.45) is 46.7 Å². The zero-order chi connectivity index (χ0) is 36.8. The number of primary amides is 1. The highest BCUT2D eigenvalue weighted by atomic mass is 16.6. The zero-order valence-corrected chi connectivity index (χ0v) is 31.6. The van der Waals surface area contributed by atoms with Gasteiger partial charge < -0.3 is 41.5 Å². The summed E-state index contributed by atoms with van der Waals surface area (Å²) >= 11 is 0. The second kappa shape index (κ2) is 17.8. The molecule has 0 aromatic heterocycles. The second-order valence-corrected chi connectivity index (χ2v) is 17.2. The average Bonchev–Trinajstić information content (AvgIpc) is 3.96. The number of ether oxygens (including phenoxy) is 1. The molecule has 0 spiro atoms. The monoisotopic (exact) mass is 695 g/mol. The van der Waals surface area contributed by atoms with E-state index in [0.717, 1.165) is 38.5 Å². The summed E-state index contributed by atoms with van der Waals surface area (Å²) < 4.78 is 6.17. The van der Waals surface area contributed by atoms with Gasteiger partial charge in [-0.15, -0.1) is 0 Å². The number of nitrogens with one attached hydrogen (secondary N) is 2. The third-order valence-corrected chi connectivity index (χ3v) is 10.8. The minimum atomic E-state index is -1.18. The van der Waals surface area contributed by atoms with E-state index in [1.807, 2.05) is 41.5 Å². The van der Waals surface area contributed by atoms with Crippen LogP contribution in [0.15, 0.2) is 0 Å². The molecule has 49 heavy (non-hydrogen) atoms. The summed E-state index contributed by atoms with van der Waals surface area (Å²) in [7, 11) is 0. The molecule has 8 N–H and O–H groups in total. The van der Waals surface area contributed by atoms with Gasteiger partial charge in [0.05, 0.1) is 12.1 Å². The first-order valence-electron chi connectivity index (χ1n) is 18.9. The van der Waals surface area contributed by atoms with Gasteiger partial charge in [0.2, 0.25) is 12.1 Å². The van der Waals surface area contributed by atoms with Crippen molar-refractivity contribution < 1.29 is 39.4 Å². The Morgan fingerprint density at radius 1 is 0.918 bits per heavy atom. The number of likely N-dealkylation sites (tertiary alicyclic amines) is 1. The molecule has 0 aromatic carbocycles. The number of rotatable bonds is 20. The van der Waals surface area contributed by atoms with Crippen LogP contribution in [0.1, 0.15) is 120 Å². The van der Waals surface area contributed by atoms with Gasteiger partial charge in [0.25, 0.3) is 11.7 Å². The summed E-state index contributed by atoms with van der Waals surface area (Å²) in [5.41, 5.74) is 4.63. The number of amides is 4. The summed E-state index contributed by atoms with van der Waals surface area (Å²) in [5.74, 6) is -0.410. The van der Waals surface area contributed by atoms with Crippen molar-refractivity contribution in [3.05, 3.63) is 0 Å². The number of quaternary nitrogens is 1. The smallest absolute Gasteiger partial charge is 0.315 e. The average molecular weight is 695 g/mol. The maximum absolute atomic E-state index is 14.5. The Hall–Kier alpha value is -2.28. The van der Waals surface area contributed by atoms with Gasteiger partial charge in [-0.3, -0.25) is 14.4 Å². The van der Waals surface area contributed by atoms with E-state index in [9.17, 15) is 29.4 Å². The summed E-state index contributed by atoms with van der Waals surface area (Å²) in [5, 5.41) is 30.0. The number of carbonyl (C=O) groups excluding carboxylic acids is 4. The number of aliphatic hydroxyl groups is 2. The maximum atomic E-state index is 14.5. The molecule has 12 heteroatoms. The molecule has 3 aliphatic rings. The van der Waals surface area contributed by atoms with Crippen LogP contribution in [-0.4, -0.2) is 88.1 Å². The van der Waals surface area contributed by atoms with Crippen LogP contribution in [0.2, 0.25) is 0 Å². The van der Waals surface area contributed by atoms with Crippen LogP contribution in [0.4, 0.5) is 4.79 Å². The van der Waals surface area contributed by atoms with E-state index >= 15 is 0 Å². The van der Waals surface area contributed by atoms with Gasteiger partial charge in [0.15, 0.2) is 12.3 Å². The molecule has 0 radical (unpaired) electrons. The Morgan fingerprint density at radius 3 is 1.98 bits per heavy atom. The standard InChI is InChI=1S/C37H67N5O7/c1-10-11-26(29(43)32(38)44)39-33(45)27-18-25(22(6)13-12-20(2)3)19-42(27)34(46)31(37(7,8)9)41-36(48)40-28(21(4)5)35(47)49-30(23-14-15-23)24-16-17-24/h20-28,30-31,33,35,39,45,47H,10-19H2,1-9H3,(H2,38,44)(H2,40,41,48)/p+1/t22?,25-,26?,27+,28+,31-,33?,35?/m1/s1.